The Bertz CT molecular complexity index is 871. The molecular weight excluding hydrogens is 348 g/mol. The lowest BCUT2D eigenvalue weighted by Crippen LogP contribution is -2.37. The first kappa shape index (κ1) is 17.6. The first-order valence-corrected chi connectivity index (χ1v) is 8.65. The van der Waals surface area contributed by atoms with Crippen molar-refractivity contribution in [3.8, 4) is 10.4 Å². The molecule has 2 aromatic rings. The van der Waals surface area contributed by atoms with Crippen molar-refractivity contribution in [1.29, 1.82) is 0 Å². The number of rotatable bonds is 4. The SMILES string of the molecule is CC(=O)OC[C@H]1C[C@@H](n2cc(-c3cccs3)c(=O)[nH]c2=O)[C@@H](O)[C@H]1O. The van der Waals surface area contributed by atoms with Gasteiger partial charge in [0, 0.05) is 23.9 Å². The van der Waals surface area contributed by atoms with E-state index in [-0.39, 0.29) is 13.0 Å². The van der Waals surface area contributed by atoms with Gasteiger partial charge >= 0.3 is 11.7 Å². The van der Waals surface area contributed by atoms with E-state index < -0.39 is 41.4 Å². The number of nitrogens with one attached hydrogen (secondary N) is 1. The lowest BCUT2D eigenvalue weighted by atomic mass is 10.1. The number of H-pyrrole nitrogens is 1. The summed E-state index contributed by atoms with van der Waals surface area (Å²) in [5, 5.41) is 22.3. The lowest BCUT2D eigenvalue weighted by molar-refractivity contribution is -0.143. The van der Waals surface area contributed by atoms with Crippen LogP contribution < -0.4 is 11.2 Å². The molecule has 2 aromatic heterocycles. The zero-order valence-electron chi connectivity index (χ0n) is 13.4. The number of carbonyl (C=O) groups is 1. The van der Waals surface area contributed by atoms with Crippen LogP contribution >= 0.6 is 11.3 Å². The molecule has 4 atom stereocenters. The summed E-state index contributed by atoms with van der Waals surface area (Å²) in [6.45, 7) is 1.22. The van der Waals surface area contributed by atoms with E-state index >= 15 is 0 Å². The Morgan fingerprint density at radius 1 is 1.40 bits per heavy atom. The molecular formula is C16H18N2O6S. The van der Waals surface area contributed by atoms with E-state index in [4.69, 9.17) is 4.74 Å². The van der Waals surface area contributed by atoms with E-state index in [0.29, 0.717) is 10.4 Å². The highest BCUT2D eigenvalue weighted by molar-refractivity contribution is 7.13. The van der Waals surface area contributed by atoms with Crippen molar-refractivity contribution < 1.29 is 19.7 Å². The van der Waals surface area contributed by atoms with E-state index in [1.165, 1.54) is 29.0 Å². The molecule has 0 unspecified atom stereocenters. The number of aliphatic hydroxyl groups is 2. The molecule has 0 spiro atoms. The van der Waals surface area contributed by atoms with Gasteiger partial charge in [0.1, 0.15) is 6.10 Å². The van der Waals surface area contributed by atoms with E-state index in [1.807, 2.05) is 5.38 Å². The zero-order chi connectivity index (χ0) is 18.1. The van der Waals surface area contributed by atoms with Crippen LogP contribution in [0.15, 0.2) is 33.3 Å². The molecule has 8 nitrogen and oxygen atoms in total. The van der Waals surface area contributed by atoms with Crippen molar-refractivity contribution >= 4 is 17.3 Å². The minimum absolute atomic E-state index is 0.0417. The second-order valence-corrected chi connectivity index (χ2v) is 6.98. The van der Waals surface area contributed by atoms with Crippen LogP contribution in [0.4, 0.5) is 0 Å². The van der Waals surface area contributed by atoms with Crippen LogP contribution in [0.25, 0.3) is 10.4 Å². The Kier molecular flexibility index (Phi) is 4.89. The topological polar surface area (TPSA) is 122 Å². The van der Waals surface area contributed by atoms with Gasteiger partial charge in [0.05, 0.1) is 24.3 Å². The lowest BCUT2D eigenvalue weighted by Gasteiger charge is -2.19. The van der Waals surface area contributed by atoms with Gasteiger partial charge in [-0.3, -0.25) is 19.1 Å². The highest BCUT2D eigenvalue weighted by Crippen LogP contribution is 2.35. The third-order valence-electron chi connectivity index (χ3n) is 4.38. The fourth-order valence-electron chi connectivity index (χ4n) is 3.10. The van der Waals surface area contributed by atoms with Gasteiger partial charge in [0.15, 0.2) is 0 Å². The van der Waals surface area contributed by atoms with E-state index in [2.05, 4.69) is 4.98 Å². The van der Waals surface area contributed by atoms with Gasteiger partial charge in [0.2, 0.25) is 0 Å². The van der Waals surface area contributed by atoms with Crippen molar-refractivity contribution in [2.75, 3.05) is 6.61 Å². The molecule has 1 fully saturated rings. The number of nitrogens with zero attached hydrogens (tertiary/aromatic N) is 1. The van der Waals surface area contributed by atoms with Gasteiger partial charge in [-0.2, -0.15) is 0 Å². The van der Waals surface area contributed by atoms with E-state index in [0.717, 1.165) is 0 Å². The molecule has 25 heavy (non-hydrogen) atoms. The maximum Gasteiger partial charge on any atom is 0.328 e. The Morgan fingerprint density at radius 2 is 2.16 bits per heavy atom. The van der Waals surface area contributed by atoms with Gasteiger partial charge in [0.25, 0.3) is 5.56 Å². The molecule has 3 N–H and O–H groups in total. The predicted molar refractivity (Wildman–Crippen MR) is 90.4 cm³/mol. The molecule has 3 rings (SSSR count). The smallest absolute Gasteiger partial charge is 0.328 e. The van der Waals surface area contributed by atoms with Crippen molar-refractivity contribution in [3.63, 3.8) is 0 Å². The second-order valence-electron chi connectivity index (χ2n) is 6.03. The van der Waals surface area contributed by atoms with Gasteiger partial charge in [-0.05, 0) is 17.9 Å². The third kappa shape index (κ3) is 3.44. The first-order chi connectivity index (χ1) is 11.9. The summed E-state index contributed by atoms with van der Waals surface area (Å²) in [6, 6.07) is 2.82. The largest absolute Gasteiger partial charge is 0.465 e. The Hall–Kier alpha value is -2.23. The highest BCUT2D eigenvalue weighted by Gasteiger charge is 2.43. The van der Waals surface area contributed by atoms with Crippen LogP contribution in [-0.2, 0) is 9.53 Å². The summed E-state index contributed by atoms with van der Waals surface area (Å²) in [4.78, 5) is 38.2. The van der Waals surface area contributed by atoms with Crippen molar-refractivity contribution in [1.82, 2.24) is 9.55 Å². The van der Waals surface area contributed by atoms with E-state index in [1.54, 1.807) is 12.1 Å². The molecule has 0 bridgehead atoms. The van der Waals surface area contributed by atoms with Crippen LogP contribution in [0.5, 0.6) is 0 Å². The summed E-state index contributed by atoms with van der Waals surface area (Å²) in [6.07, 6.45) is -0.693. The highest BCUT2D eigenvalue weighted by atomic mass is 32.1. The molecule has 0 aliphatic heterocycles. The second kappa shape index (κ2) is 6.95. The number of aromatic nitrogens is 2. The number of ether oxygens (including phenoxy) is 1. The molecule has 134 valence electrons. The monoisotopic (exact) mass is 366 g/mol. The van der Waals surface area contributed by atoms with Gasteiger partial charge in [-0.15, -0.1) is 11.3 Å². The fraction of sp³-hybridized carbons (Fsp3) is 0.438. The fourth-order valence-corrected chi connectivity index (χ4v) is 3.84. The number of hydrogen-bond donors (Lipinski definition) is 3. The van der Waals surface area contributed by atoms with Gasteiger partial charge in [-0.25, -0.2) is 4.79 Å². The number of hydrogen-bond acceptors (Lipinski definition) is 7. The number of aromatic amines is 1. The third-order valence-corrected chi connectivity index (χ3v) is 5.29. The molecule has 0 radical (unpaired) electrons. The molecule has 2 heterocycles. The summed E-state index contributed by atoms with van der Waals surface area (Å²) in [5.74, 6) is -0.973. The maximum absolute atomic E-state index is 12.2. The standard InChI is InChI=1S/C16H18N2O6S/c1-8(19)24-7-9-5-11(14(21)13(9)20)18-6-10(12-3-2-4-25-12)15(22)17-16(18)23/h2-4,6,9,11,13-14,20-21H,5,7H2,1H3,(H,17,22,23)/t9-,11-,13+,14-/m1/s1. The Labute approximate surface area is 146 Å². The minimum Gasteiger partial charge on any atom is -0.465 e. The predicted octanol–water partition coefficient (Wildman–Crippen LogP) is 0.111. The summed E-state index contributed by atoms with van der Waals surface area (Å²) in [7, 11) is 0. The molecule has 9 heteroatoms. The number of thiophene rings is 1. The average molecular weight is 366 g/mol. The van der Waals surface area contributed by atoms with Crippen LogP contribution in [0.2, 0.25) is 0 Å². The Morgan fingerprint density at radius 3 is 2.80 bits per heavy atom. The quantitative estimate of drug-likeness (QED) is 0.661. The van der Waals surface area contributed by atoms with E-state index in [9.17, 15) is 24.6 Å². The average Bonchev–Trinajstić information content (AvgIpc) is 3.17. The molecule has 0 amide bonds. The van der Waals surface area contributed by atoms with Crippen LogP contribution in [-0.4, -0.2) is 44.5 Å². The molecule has 0 aromatic carbocycles. The van der Waals surface area contributed by atoms with Crippen molar-refractivity contribution in [2.24, 2.45) is 5.92 Å². The normalized spacial score (nSPS) is 25.9. The molecule has 0 saturated heterocycles. The van der Waals surface area contributed by atoms with Gasteiger partial charge < -0.3 is 14.9 Å². The number of carbonyl (C=O) groups excluding carboxylic acids is 1. The van der Waals surface area contributed by atoms with Crippen LogP contribution in [0, 0.1) is 5.92 Å². The van der Waals surface area contributed by atoms with Crippen molar-refractivity contribution in [2.45, 2.75) is 31.6 Å². The molecule has 1 aliphatic carbocycles. The molecule has 1 aliphatic rings. The number of esters is 1. The van der Waals surface area contributed by atoms with Crippen LogP contribution in [0.1, 0.15) is 19.4 Å². The van der Waals surface area contributed by atoms with Crippen molar-refractivity contribution in [3.05, 3.63) is 44.5 Å². The van der Waals surface area contributed by atoms with Crippen LogP contribution in [0.3, 0.4) is 0 Å². The zero-order valence-corrected chi connectivity index (χ0v) is 14.2. The first-order valence-electron chi connectivity index (χ1n) is 7.77. The van der Waals surface area contributed by atoms with Gasteiger partial charge in [-0.1, -0.05) is 6.07 Å². The summed E-state index contributed by atoms with van der Waals surface area (Å²) >= 11 is 1.36. The summed E-state index contributed by atoms with van der Waals surface area (Å²) < 4.78 is 6.14. The molecule has 1 saturated carbocycles. The minimum atomic E-state index is -1.21. The Balaban J connectivity index is 1.93. The summed E-state index contributed by atoms with van der Waals surface area (Å²) in [5.41, 5.74) is -0.845. The number of aliphatic hydroxyl groups excluding tert-OH is 2. The maximum atomic E-state index is 12.2.